The fraction of sp³-hybridized carbons (Fsp3) is 0.385. The van der Waals surface area contributed by atoms with Gasteiger partial charge in [0.2, 0.25) is 0 Å². The number of hydrogen-bond donors (Lipinski definition) is 1. The number of fused-ring (bicyclic) bond motifs is 1. The number of nitrogens with zero attached hydrogens (tertiary/aromatic N) is 2. The highest BCUT2D eigenvalue weighted by Crippen LogP contribution is 2.25. The monoisotopic (exact) mass is 213 g/mol. The first-order valence-electron chi connectivity index (χ1n) is 5.37. The molecule has 0 atom stereocenters. The Morgan fingerprint density at radius 1 is 1.38 bits per heavy atom. The molecular formula is C13H15N3. The van der Waals surface area contributed by atoms with Crippen LogP contribution in [-0.2, 0) is 11.8 Å². The van der Waals surface area contributed by atoms with Gasteiger partial charge in [0.1, 0.15) is 5.82 Å². The topological polar surface area (TPSA) is 52.5 Å². The normalized spacial score (nSPS) is 11.6. The van der Waals surface area contributed by atoms with Crippen LogP contribution in [0, 0.1) is 11.3 Å². The lowest BCUT2D eigenvalue weighted by Crippen LogP contribution is -2.10. The van der Waals surface area contributed by atoms with Crippen LogP contribution in [0.2, 0.25) is 0 Å². The third kappa shape index (κ3) is 1.92. The zero-order valence-corrected chi connectivity index (χ0v) is 9.83. The van der Waals surface area contributed by atoms with Gasteiger partial charge in [0, 0.05) is 0 Å². The summed E-state index contributed by atoms with van der Waals surface area (Å²) in [4.78, 5) is 7.52. The van der Waals surface area contributed by atoms with Gasteiger partial charge in [-0.2, -0.15) is 5.26 Å². The first kappa shape index (κ1) is 10.7. The van der Waals surface area contributed by atoms with Gasteiger partial charge < -0.3 is 4.98 Å². The van der Waals surface area contributed by atoms with Gasteiger partial charge in [0.05, 0.1) is 23.5 Å². The minimum Gasteiger partial charge on any atom is -0.341 e. The maximum atomic E-state index is 8.62. The highest BCUT2D eigenvalue weighted by Gasteiger charge is 2.14. The number of nitriles is 1. The standard InChI is InChI=1S/C13H15N3/c1-13(2,3)9-4-5-10-11(8-9)16-12(15-10)6-7-14/h4-5,8H,6H2,1-3H3,(H,15,16). The number of nitrogens with one attached hydrogen (secondary N) is 1. The smallest absolute Gasteiger partial charge is 0.121 e. The van der Waals surface area contributed by atoms with Crippen molar-refractivity contribution in [3.8, 4) is 6.07 Å². The summed E-state index contributed by atoms with van der Waals surface area (Å²) in [6.07, 6.45) is 0.333. The van der Waals surface area contributed by atoms with Crippen LogP contribution in [0.3, 0.4) is 0 Å². The average Bonchev–Trinajstić information content (AvgIpc) is 2.57. The van der Waals surface area contributed by atoms with E-state index < -0.39 is 0 Å². The minimum absolute atomic E-state index is 0.134. The Bertz CT molecular complexity index is 553. The van der Waals surface area contributed by atoms with Crippen LogP contribution < -0.4 is 0 Å². The van der Waals surface area contributed by atoms with Gasteiger partial charge in [-0.25, -0.2) is 4.98 Å². The largest absolute Gasteiger partial charge is 0.341 e. The van der Waals surface area contributed by atoms with Crippen LogP contribution in [0.5, 0.6) is 0 Å². The molecule has 3 heteroatoms. The van der Waals surface area contributed by atoms with Gasteiger partial charge in [-0.1, -0.05) is 26.8 Å². The summed E-state index contributed by atoms with van der Waals surface area (Å²) in [7, 11) is 0. The van der Waals surface area contributed by atoms with Crippen LogP contribution in [0.15, 0.2) is 18.2 Å². The first-order valence-corrected chi connectivity index (χ1v) is 5.37. The van der Waals surface area contributed by atoms with Gasteiger partial charge in [0.15, 0.2) is 0 Å². The molecule has 0 aliphatic carbocycles. The van der Waals surface area contributed by atoms with E-state index in [0.29, 0.717) is 6.42 Å². The maximum Gasteiger partial charge on any atom is 0.121 e. The van der Waals surface area contributed by atoms with Crippen molar-refractivity contribution in [1.82, 2.24) is 9.97 Å². The summed E-state index contributed by atoms with van der Waals surface area (Å²) in [5.41, 5.74) is 3.34. The Labute approximate surface area is 95.1 Å². The van der Waals surface area contributed by atoms with E-state index in [1.54, 1.807) is 0 Å². The molecule has 82 valence electrons. The molecule has 0 aliphatic rings. The van der Waals surface area contributed by atoms with Gasteiger partial charge in [-0.05, 0) is 23.1 Å². The molecule has 0 amide bonds. The van der Waals surface area contributed by atoms with Gasteiger partial charge in [0.25, 0.3) is 0 Å². The number of aromatic nitrogens is 2. The number of benzene rings is 1. The lowest BCUT2D eigenvalue weighted by molar-refractivity contribution is 0.591. The minimum atomic E-state index is 0.134. The Hall–Kier alpha value is -1.82. The summed E-state index contributed by atoms with van der Waals surface area (Å²) in [5, 5.41) is 8.62. The second-order valence-electron chi connectivity index (χ2n) is 5.00. The van der Waals surface area contributed by atoms with Crippen molar-refractivity contribution in [2.24, 2.45) is 0 Å². The Kier molecular flexibility index (Phi) is 2.43. The van der Waals surface area contributed by atoms with Crippen molar-refractivity contribution in [3.63, 3.8) is 0 Å². The lowest BCUT2D eigenvalue weighted by atomic mass is 9.87. The van der Waals surface area contributed by atoms with E-state index in [2.05, 4.69) is 48.9 Å². The van der Waals surface area contributed by atoms with Crippen molar-refractivity contribution in [2.45, 2.75) is 32.6 Å². The van der Waals surface area contributed by atoms with E-state index in [1.165, 1.54) is 5.56 Å². The van der Waals surface area contributed by atoms with Crippen molar-refractivity contribution in [2.75, 3.05) is 0 Å². The summed E-state index contributed by atoms with van der Waals surface area (Å²) >= 11 is 0. The van der Waals surface area contributed by atoms with Gasteiger partial charge in [-0.15, -0.1) is 0 Å². The molecule has 3 nitrogen and oxygen atoms in total. The van der Waals surface area contributed by atoms with Crippen LogP contribution in [0.25, 0.3) is 11.0 Å². The number of H-pyrrole nitrogens is 1. The van der Waals surface area contributed by atoms with E-state index in [1.807, 2.05) is 6.07 Å². The molecular weight excluding hydrogens is 198 g/mol. The van der Waals surface area contributed by atoms with Crippen molar-refractivity contribution >= 4 is 11.0 Å². The van der Waals surface area contributed by atoms with Crippen molar-refractivity contribution < 1.29 is 0 Å². The van der Waals surface area contributed by atoms with Gasteiger partial charge in [-0.3, -0.25) is 0 Å². The van der Waals surface area contributed by atoms with E-state index in [0.717, 1.165) is 16.9 Å². The first-order chi connectivity index (χ1) is 7.50. The summed E-state index contributed by atoms with van der Waals surface area (Å²) in [5.74, 6) is 0.739. The second kappa shape index (κ2) is 3.64. The number of hydrogen-bond acceptors (Lipinski definition) is 2. The molecule has 1 heterocycles. The van der Waals surface area contributed by atoms with Crippen LogP contribution in [-0.4, -0.2) is 9.97 Å². The molecule has 0 fully saturated rings. The summed E-state index contributed by atoms with van der Waals surface area (Å²) in [6.45, 7) is 6.54. The molecule has 0 radical (unpaired) electrons. The Morgan fingerprint density at radius 2 is 2.12 bits per heavy atom. The molecule has 2 aromatic rings. The fourth-order valence-electron chi connectivity index (χ4n) is 1.69. The number of aromatic amines is 1. The third-order valence-electron chi connectivity index (χ3n) is 2.64. The fourth-order valence-corrected chi connectivity index (χ4v) is 1.69. The molecule has 0 unspecified atom stereocenters. The summed E-state index contributed by atoms with van der Waals surface area (Å²) < 4.78 is 0. The van der Waals surface area contributed by atoms with Crippen LogP contribution >= 0.6 is 0 Å². The predicted octanol–water partition coefficient (Wildman–Crippen LogP) is 2.93. The lowest BCUT2D eigenvalue weighted by Gasteiger charge is -2.18. The Morgan fingerprint density at radius 3 is 2.75 bits per heavy atom. The molecule has 1 N–H and O–H groups in total. The third-order valence-corrected chi connectivity index (χ3v) is 2.64. The van der Waals surface area contributed by atoms with Crippen LogP contribution in [0.4, 0.5) is 0 Å². The molecule has 1 aromatic carbocycles. The van der Waals surface area contributed by atoms with E-state index in [4.69, 9.17) is 5.26 Å². The zero-order chi connectivity index (χ0) is 11.8. The van der Waals surface area contributed by atoms with Crippen molar-refractivity contribution in [1.29, 1.82) is 5.26 Å². The maximum absolute atomic E-state index is 8.62. The molecule has 16 heavy (non-hydrogen) atoms. The number of rotatable bonds is 1. The predicted molar refractivity (Wildman–Crippen MR) is 64.1 cm³/mol. The van der Waals surface area contributed by atoms with E-state index in [9.17, 15) is 0 Å². The van der Waals surface area contributed by atoms with Crippen LogP contribution in [0.1, 0.15) is 32.2 Å². The average molecular weight is 213 g/mol. The van der Waals surface area contributed by atoms with E-state index in [-0.39, 0.29) is 5.41 Å². The molecule has 1 aromatic heterocycles. The van der Waals surface area contributed by atoms with Crippen molar-refractivity contribution in [3.05, 3.63) is 29.6 Å². The molecule has 0 aliphatic heterocycles. The molecule has 0 saturated heterocycles. The molecule has 0 bridgehead atoms. The molecule has 0 saturated carbocycles. The Balaban J connectivity index is 2.51. The molecule has 0 spiro atoms. The summed E-state index contributed by atoms with van der Waals surface area (Å²) in [6, 6.07) is 8.31. The second-order valence-corrected chi connectivity index (χ2v) is 5.00. The number of imidazole rings is 1. The highest BCUT2D eigenvalue weighted by atomic mass is 14.9. The zero-order valence-electron chi connectivity index (χ0n) is 9.83. The van der Waals surface area contributed by atoms with Gasteiger partial charge >= 0.3 is 0 Å². The SMILES string of the molecule is CC(C)(C)c1ccc2nc(CC#N)[nH]c2c1. The molecule has 2 rings (SSSR count). The van der Waals surface area contributed by atoms with E-state index >= 15 is 0 Å². The highest BCUT2D eigenvalue weighted by molar-refractivity contribution is 5.76. The quantitative estimate of drug-likeness (QED) is 0.791.